The number of aromatic nitrogens is 1. The fraction of sp³-hybridized carbons (Fsp3) is 0.231. The first-order chi connectivity index (χ1) is 16.6. The van der Waals surface area contributed by atoms with E-state index in [0.717, 1.165) is 28.6 Å². The molecule has 0 fully saturated rings. The summed E-state index contributed by atoms with van der Waals surface area (Å²) in [5.74, 6) is -0.500. The number of carbonyl (C=O) groups excluding carboxylic acids is 1. The lowest BCUT2D eigenvalue weighted by atomic mass is 10.1. The van der Waals surface area contributed by atoms with Crippen molar-refractivity contribution in [2.75, 3.05) is 0 Å². The van der Waals surface area contributed by atoms with Gasteiger partial charge >= 0.3 is 11.6 Å². The molecule has 0 aliphatic carbocycles. The van der Waals surface area contributed by atoms with Crippen molar-refractivity contribution in [2.45, 2.75) is 45.2 Å². The minimum atomic E-state index is -3.76. The fourth-order valence-corrected chi connectivity index (χ4v) is 4.57. The third-order valence-electron chi connectivity index (χ3n) is 6.05. The van der Waals surface area contributed by atoms with Crippen LogP contribution in [0.1, 0.15) is 45.4 Å². The molecule has 2 aromatic heterocycles. The van der Waals surface area contributed by atoms with E-state index in [2.05, 4.69) is 0 Å². The summed E-state index contributed by atoms with van der Waals surface area (Å²) in [6.45, 7) is 6.09. The maximum atomic E-state index is 12.9. The second kappa shape index (κ2) is 9.52. The van der Waals surface area contributed by atoms with Gasteiger partial charge in [-0.1, -0.05) is 31.2 Å². The number of carbonyl (C=O) groups is 1. The summed E-state index contributed by atoms with van der Waals surface area (Å²) >= 11 is 0. The molecule has 2 N–H and O–H groups in total. The molecule has 35 heavy (non-hydrogen) atoms. The molecule has 8 nitrogen and oxygen atoms in total. The molecule has 0 atom stereocenters. The maximum absolute atomic E-state index is 12.9. The molecule has 0 radical (unpaired) electrons. The summed E-state index contributed by atoms with van der Waals surface area (Å²) in [6, 6.07) is 15.0. The highest BCUT2D eigenvalue weighted by molar-refractivity contribution is 7.89. The molecule has 0 unspecified atom stereocenters. The Labute approximate surface area is 203 Å². The van der Waals surface area contributed by atoms with Gasteiger partial charge in [0.2, 0.25) is 10.0 Å². The largest absolute Gasteiger partial charge is 0.457 e. The molecule has 0 bridgehead atoms. The Morgan fingerprint density at radius 3 is 2.37 bits per heavy atom. The van der Waals surface area contributed by atoms with Crippen molar-refractivity contribution in [3.05, 3.63) is 98.7 Å². The zero-order valence-corrected chi connectivity index (χ0v) is 20.5. The first kappa shape index (κ1) is 24.4. The highest BCUT2D eigenvalue weighted by Gasteiger charge is 2.18. The molecule has 0 saturated heterocycles. The molecule has 182 valence electrons. The average Bonchev–Trinajstić information content (AvgIpc) is 3.10. The minimum Gasteiger partial charge on any atom is -0.457 e. The zero-order valence-electron chi connectivity index (χ0n) is 19.7. The van der Waals surface area contributed by atoms with Crippen molar-refractivity contribution in [2.24, 2.45) is 5.14 Å². The molecule has 4 aromatic rings. The second-order valence-corrected chi connectivity index (χ2v) is 9.97. The van der Waals surface area contributed by atoms with Crippen molar-refractivity contribution in [1.29, 1.82) is 0 Å². The van der Waals surface area contributed by atoms with Crippen LogP contribution in [0.5, 0.6) is 0 Å². The highest BCUT2D eigenvalue weighted by Crippen LogP contribution is 2.22. The van der Waals surface area contributed by atoms with E-state index in [1.165, 1.54) is 18.2 Å². The van der Waals surface area contributed by atoms with E-state index in [1.54, 1.807) is 18.2 Å². The first-order valence-corrected chi connectivity index (χ1v) is 12.6. The SMILES string of the molecule is CCc1ccc2c(COC(=O)c3cc(C)n(Cc4ccc(S(N)(=O)=O)cc4)c3C)cc(=O)oc2c1. The number of sulfonamides is 1. The quantitative estimate of drug-likeness (QED) is 0.308. The van der Waals surface area contributed by atoms with Crippen molar-refractivity contribution in [3.63, 3.8) is 0 Å². The van der Waals surface area contributed by atoms with Crippen LogP contribution in [0.25, 0.3) is 11.0 Å². The van der Waals surface area contributed by atoms with E-state index in [1.807, 2.05) is 43.5 Å². The Balaban J connectivity index is 1.53. The maximum Gasteiger partial charge on any atom is 0.340 e. The van der Waals surface area contributed by atoms with E-state index >= 15 is 0 Å². The van der Waals surface area contributed by atoms with E-state index in [0.29, 0.717) is 28.9 Å². The lowest BCUT2D eigenvalue weighted by molar-refractivity contribution is 0.0473. The van der Waals surface area contributed by atoms with Crippen molar-refractivity contribution in [1.82, 2.24) is 4.57 Å². The van der Waals surface area contributed by atoms with Gasteiger partial charge in [0.05, 0.1) is 10.5 Å². The van der Waals surface area contributed by atoms with E-state index in [9.17, 15) is 18.0 Å². The van der Waals surface area contributed by atoms with Crippen LogP contribution >= 0.6 is 0 Å². The Bertz CT molecular complexity index is 1580. The number of fused-ring (bicyclic) bond motifs is 1. The number of aryl methyl sites for hydroxylation is 2. The number of nitrogens with two attached hydrogens (primary N) is 1. The highest BCUT2D eigenvalue weighted by atomic mass is 32.2. The third kappa shape index (κ3) is 5.21. The summed E-state index contributed by atoms with van der Waals surface area (Å²) in [7, 11) is -3.76. The number of rotatable bonds is 7. The fourth-order valence-electron chi connectivity index (χ4n) is 4.05. The van der Waals surface area contributed by atoms with Gasteiger partial charge < -0.3 is 13.7 Å². The number of ether oxygens (including phenoxy) is 1. The molecule has 2 aromatic carbocycles. The summed E-state index contributed by atoms with van der Waals surface area (Å²) in [5, 5.41) is 5.88. The third-order valence-corrected chi connectivity index (χ3v) is 6.98. The standard InChI is InChI=1S/C26H26N2O6S/c1-4-18-7-10-22-20(13-25(29)34-24(22)12-18)15-33-26(30)23-11-16(2)28(17(23)3)14-19-5-8-21(9-6-19)35(27,31)32/h5-13H,4,14-15H2,1-3H3,(H2,27,31,32). The molecule has 0 spiro atoms. The van der Waals surface area contributed by atoms with Crippen molar-refractivity contribution < 1.29 is 22.4 Å². The van der Waals surface area contributed by atoms with E-state index in [-0.39, 0.29) is 11.5 Å². The Hall–Kier alpha value is -3.69. The van der Waals surface area contributed by atoms with Gasteiger partial charge in [-0.2, -0.15) is 0 Å². The number of benzene rings is 2. The number of nitrogens with zero attached hydrogens (tertiary/aromatic N) is 1. The van der Waals surface area contributed by atoms with Gasteiger partial charge in [0.15, 0.2) is 0 Å². The zero-order chi connectivity index (χ0) is 25.3. The topological polar surface area (TPSA) is 122 Å². The number of esters is 1. The predicted molar refractivity (Wildman–Crippen MR) is 132 cm³/mol. The molecular formula is C26H26N2O6S. The molecule has 0 aliphatic rings. The van der Waals surface area contributed by atoms with Gasteiger partial charge in [-0.05, 0) is 55.7 Å². The molecule has 0 amide bonds. The van der Waals surface area contributed by atoms with Crippen LogP contribution in [0, 0.1) is 13.8 Å². The van der Waals surface area contributed by atoms with Crippen LogP contribution in [0.3, 0.4) is 0 Å². The Morgan fingerprint density at radius 2 is 1.71 bits per heavy atom. The van der Waals surface area contributed by atoms with Crippen LogP contribution in [-0.4, -0.2) is 19.0 Å². The Morgan fingerprint density at radius 1 is 1.03 bits per heavy atom. The molecule has 0 saturated carbocycles. The van der Waals surface area contributed by atoms with Gasteiger partial charge in [0.1, 0.15) is 12.2 Å². The molecule has 2 heterocycles. The number of hydrogen-bond donors (Lipinski definition) is 1. The molecule has 0 aliphatic heterocycles. The number of hydrogen-bond acceptors (Lipinski definition) is 6. The summed E-state index contributed by atoms with van der Waals surface area (Å²) in [4.78, 5) is 25.0. The first-order valence-electron chi connectivity index (χ1n) is 11.1. The molecular weight excluding hydrogens is 468 g/mol. The van der Waals surface area contributed by atoms with E-state index < -0.39 is 21.6 Å². The van der Waals surface area contributed by atoms with Crippen LogP contribution in [0.15, 0.2) is 68.7 Å². The summed E-state index contributed by atoms with van der Waals surface area (Å²) < 4.78 is 35.8. The molecule has 4 rings (SSSR count). The van der Waals surface area contributed by atoms with Crippen LogP contribution in [0.2, 0.25) is 0 Å². The Kier molecular flexibility index (Phi) is 6.64. The smallest absolute Gasteiger partial charge is 0.340 e. The second-order valence-electron chi connectivity index (χ2n) is 8.41. The van der Waals surface area contributed by atoms with Gasteiger partial charge in [-0.25, -0.2) is 23.1 Å². The van der Waals surface area contributed by atoms with Crippen LogP contribution in [-0.2, 0) is 34.3 Å². The van der Waals surface area contributed by atoms with Crippen LogP contribution in [0.4, 0.5) is 0 Å². The summed E-state index contributed by atoms with van der Waals surface area (Å²) in [6.07, 6.45) is 0.810. The van der Waals surface area contributed by atoms with Gasteiger partial charge in [-0.3, -0.25) is 0 Å². The summed E-state index contributed by atoms with van der Waals surface area (Å²) in [5.41, 5.74) is 4.43. The average molecular weight is 495 g/mol. The molecule has 9 heteroatoms. The normalized spacial score (nSPS) is 11.7. The van der Waals surface area contributed by atoms with Crippen LogP contribution < -0.4 is 10.8 Å². The lowest BCUT2D eigenvalue weighted by Gasteiger charge is -2.11. The monoisotopic (exact) mass is 494 g/mol. The lowest BCUT2D eigenvalue weighted by Crippen LogP contribution is -2.12. The van der Waals surface area contributed by atoms with Gasteiger partial charge in [-0.15, -0.1) is 0 Å². The van der Waals surface area contributed by atoms with Gasteiger partial charge in [0.25, 0.3) is 0 Å². The van der Waals surface area contributed by atoms with Crippen molar-refractivity contribution >= 4 is 27.0 Å². The van der Waals surface area contributed by atoms with Gasteiger partial charge in [0, 0.05) is 34.9 Å². The minimum absolute atomic E-state index is 0.0415. The van der Waals surface area contributed by atoms with E-state index in [4.69, 9.17) is 14.3 Å². The van der Waals surface area contributed by atoms with Crippen molar-refractivity contribution in [3.8, 4) is 0 Å². The predicted octanol–water partition coefficient (Wildman–Crippen LogP) is 3.83. The number of primary sulfonamides is 1.